The molecule has 2 rings (SSSR count). The normalized spacial score (nSPS) is 10.7. The molecule has 12 nitrogen and oxygen atoms in total. The molecule has 0 atom stereocenters. The van der Waals surface area contributed by atoms with Gasteiger partial charge in [-0.2, -0.15) is 0 Å². The van der Waals surface area contributed by atoms with Crippen LogP contribution in [-0.2, 0) is 9.68 Å². The molecule has 29 heavy (non-hydrogen) atoms. The molecule has 1 aromatic carbocycles. The second-order valence-corrected chi connectivity index (χ2v) is 5.95. The number of fused-ring (bicyclic) bond motifs is 1. The van der Waals surface area contributed by atoms with E-state index in [4.69, 9.17) is 4.74 Å². The molecule has 0 unspecified atom stereocenters. The van der Waals surface area contributed by atoms with Crippen molar-refractivity contribution in [2.45, 2.75) is 6.42 Å². The molecular weight excluding hydrogens is 386 g/mol. The van der Waals surface area contributed by atoms with Gasteiger partial charge >= 0.3 is 0 Å². The number of hydrogen-bond donors (Lipinski definition) is 1. The van der Waals surface area contributed by atoms with Gasteiger partial charge in [0.15, 0.2) is 0 Å². The van der Waals surface area contributed by atoms with Crippen molar-refractivity contribution >= 4 is 16.6 Å². The van der Waals surface area contributed by atoms with E-state index in [2.05, 4.69) is 20.0 Å². The van der Waals surface area contributed by atoms with Gasteiger partial charge in [-0.3, -0.25) is 9.88 Å². The van der Waals surface area contributed by atoms with Crippen LogP contribution < -0.4 is 10.1 Å². The van der Waals surface area contributed by atoms with E-state index >= 15 is 0 Å². The molecule has 12 heteroatoms. The summed E-state index contributed by atoms with van der Waals surface area (Å²) in [5, 5.41) is 23.1. The van der Waals surface area contributed by atoms with Gasteiger partial charge in [-0.05, 0) is 25.1 Å². The number of rotatable bonds is 14. The van der Waals surface area contributed by atoms with Crippen LogP contribution in [0.3, 0.4) is 0 Å². The average molecular weight is 409 g/mol. The Kier molecular flexibility index (Phi) is 8.63. The highest BCUT2D eigenvalue weighted by Gasteiger charge is 2.09. The van der Waals surface area contributed by atoms with Crippen molar-refractivity contribution in [1.29, 1.82) is 0 Å². The zero-order valence-electron chi connectivity index (χ0n) is 16.0. The van der Waals surface area contributed by atoms with Crippen LogP contribution in [0.2, 0.25) is 0 Å². The lowest BCUT2D eigenvalue weighted by Crippen LogP contribution is -2.33. The Morgan fingerprint density at radius 3 is 2.38 bits per heavy atom. The summed E-state index contributed by atoms with van der Waals surface area (Å²) in [6, 6.07) is 7.55. The highest BCUT2D eigenvalue weighted by molar-refractivity contribution is 5.94. The van der Waals surface area contributed by atoms with Gasteiger partial charge in [0.2, 0.25) is 0 Å². The Morgan fingerprint density at radius 2 is 1.76 bits per heavy atom. The van der Waals surface area contributed by atoms with Gasteiger partial charge in [-0.25, -0.2) is 0 Å². The number of pyridine rings is 1. The van der Waals surface area contributed by atoms with Gasteiger partial charge in [0.05, 0.1) is 7.11 Å². The summed E-state index contributed by atoms with van der Waals surface area (Å²) in [5.41, 5.74) is 1.67. The predicted molar refractivity (Wildman–Crippen MR) is 104 cm³/mol. The first-order valence-corrected chi connectivity index (χ1v) is 8.94. The summed E-state index contributed by atoms with van der Waals surface area (Å²) in [5.74, 6) is 0.689. The van der Waals surface area contributed by atoms with Gasteiger partial charge in [0.25, 0.3) is 10.2 Å². The Hall–Kier alpha value is -3.41. The lowest BCUT2D eigenvalue weighted by atomic mass is 10.1. The zero-order valence-corrected chi connectivity index (χ0v) is 16.0. The number of para-hydroxylation sites is 1. The summed E-state index contributed by atoms with van der Waals surface area (Å²) in [6.45, 7) is 1.47. The van der Waals surface area contributed by atoms with Crippen molar-refractivity contribution in [3.8, 4) is 5.75 Å². The second kappa shape index (κ2) is 11.4. The Bertz CT molecular complexity index is 800. The quantitative estimate of drug-likeness (QED) is 0.278. The molecule has 0 bridgehead atoms. The fourth-order valence-electron chi connectivity index (χ4n) is 2.82. The van der Waals surface area contributed by atoms with Gasteiger partial charge < -0.3 is 19.7 Å². The maximum Gasteiger partial charge on any atom is 0.294 e. The van der Waals surface area contributed by atoms with Crippen molar-refractivity contribution in [2.24, 2.45) is 0 Å². The molecule has 0 aliphatic heterocycles. The monoisotopic (exact) mass is 409 g/mol. The Balaban J connectivity index is 1.87. The highest BCUT2D eigenvalue weighted by Crippen LogP contribution is 2.28. The molecule has 0 aliphatic rings. The number of aromatic nitrogens is 1. The van der Waals surface area contributed by atoms with Crippen LogP contribution in [0.1, 0.15) is 6.42 Å². The third-order valence-electron chi connectivity index (χ3n) is 4.13. The molecule has 0 saturated carbocycles. The van der Waals surface area contributed by atoms with Crippen LogP contribution >= 0.6 is 0 Å². The van der Waals surface area contributed by atoms with Gasteiger partial charge in [0, 0.05) is 36.9 Å². The first kappa shape index (κ1) is 21.9. The highest BCUT2D eigenvalue weighted by atomic mass is 17.0. The van der Waals surface area contributed by atoms with Gasteiger partial charge in [-0.15, -0.1) is 20.2 Å². The van der Waals surface area contributed by atoms with Crippen LogP contribution in [0.4, 0.5) is 5.69 Å². The van der Waals surface area contributed by atoms with E-state index in [0.717, 1.165) is 16.6 Å². The smallest absolute Gasteiger partial charge is 0.294 e. The molecule has 158 valence electrons. The molecule has 0 aliphatic carbocycles. The maximum atomic E-state index is 10.3. The third-order valence-corrected chi connectivity index (χ3v) is 4.13. The van der Waals surface area contributed by atoms with Crippen molar-refractivity contribution in [2.75, 3.05) is 51.8 Å². The predicted octanol–water partition coefficient (Wildman–Crippen LogP) is 1.76. The molecular formula is C17H23N5O7. The van der Waals surface area contributed by atoms with E-state index in [1.54, 1.807) is 13.3 Å². The van der Waals surface area contributed by atoms with Crippen LogP contribution in [0.15, 0.2) is 30.5 Å². The fourth-order valence-corrected chi connectivity index (χ4v) is 2.82. The summed E-state index contributed by atoms with van der Waals surface area (Å²) in [6.07, 6.45) is 2.40. The van der Waals surface area contributed by atoms with Gasteiger partial charge in [0.1, 0.15) is 24.5 Å². The van der Waals surface area contributed by atoms with Crippen molar-refractivity contribution in [3.05, 3.63) is 50.7 Å². The number of methoxy groups -OCH3 is 1. The van der Waals surface area contributed by atoms with E-state index in [1.165, 1.54) is 0 Å². The number of hydrogen-bond acceptors (Lipinski definition) is 10. The molecule has 2 aromatic rings. The third kappa shape index (κ3) is 7.25. The second-order valence-electron chi connectivity index (χ2n) is 5.95. The molecule has 1 N–H and O–H groups in total. The van der Waals surface area contributed by atoms with E-state index in [1.807, 2.05) is 29.2 Å². The van der Waals surface area contributed by atoms with Crippen LogP contribution in [0, 0.1) is 20.2 Å². The molecule has 1 heterocycles. The minimum atomic E-state index is -0.865. The number of benzene rings is 1. The standard InChI is InChI=1S/C17H23N5O7/c1-27-16-5-2-4-14-15(6-8-19-17(14)16)18-7-3-9-20(10-12-28-21(23)24)11-13-29-22(25)26/h2,4-6,8H,3,7,9-13H2,1H3,(H,18,19). The number of nitrogens with zero attached hydrogens (tertiary/aromatic N) is 4. The number of anilines is 1. The Morgan fingerprint density at radius 1 is 1.07 bits per heavy atom. The number of nitrogens with one attached hydrogen (secondary N) is 1. The lowest BCUT2D eigenvalue weighted by Gasteiger charge is -2.21. The minimum absolute atomic E-state index is 0.117. The fraction of sp³-hybridized carbons (Fsp3) is 0.471. The van der Waals surface area contributed by atoms with Crippen LogP contribution in [0.25, 0.3) is 10.9 Å². The van der Waals surface area contributed by atoms with E-state index in [-0.39, 0.29) is 26.3 Å². The molecule has 0 radical (unpaired) electrons. The summed E-state index contributed by atoms with van der Waals surface area (Å²) in [7, 11) is 1.59. The van der Waals surface area contributed by atoms with E-state index in [0.29, 0.717) is 25.3 Å². The van der Waals surface area contributed by atoms with Gasteiger partial charge in [-0.1, -0.05) is 12.1 Å². The maximum absolute atomic E-state index is 10.3. The van der Waals surface area contributed by atoms with Crippen molar-refractivity contribution in [1.82, 2.24) is 9.88 Å². The summed E-state index contributed by atoms with van der Waals surface area (Å²) < 4.78 is 5.33. The minimum Gasteiger partial charge on any atom is -0.494 e. The van der Waals surface area contributed by atoms with E-state index < -0.39 is 10.2 Å². The average Bonchev–Trinajstić information content (AvgIpc) is 2.69. The molecule has 0 fully saturated rings. The molecule has 0 spiro atoms. The summed E-state index contributed by atoms with van der Waals surface area (Å²) in [4.78, 5) is 35.4. The largest absolute Gasteiger partial charge is 0.494 e. The first-order valence-electron chi connectivity index (χ1n) is 8.94. The molecule has 1 aromatic heterocycles. The van der Waals surface area contributed by atoms with Crippen LogP contribution in [0.5, 0.6) is 5.75 Å². The van der Waals surface area contributed by atoms with E-state index in [9.17, 15) is 20.2 Å². The van der Waals surface area contributed by atoms with Crippen molar-refractivity contribution in [3.63, 3.8) is 0 Å². The summed E-state index contributed by atoms with van der Waals surface area (Å²) >= 11 is 0. The molecule has 0 amide bonds. The number of ether oxygens (including phenoxy) is 1. The first-order chi connectivity index (χ1) is 14.0. The lowest BCUT2D eigenvalue weighted by molar-refractivity contribution is -0.758. The van der Waals surface area contributed by atoms with Crippen molar-refractivity contribution < 1.29 is 24.6 Å². The molecule has 0 saturated heterocycles. The zero-order chi connectivity index (χ0) is 21.1. The topological polar surface area (TPSA) is 142 Å². The SMILES string of the molecule is COc1cccc2c(NCCCN(CCO[N+](=O)[O-])CCO[N+](=O)[O-])ccnc12. The van der Waals surface area contributed by atoms with Crippen LogP contribution in [-0.4, -0.2) is 66.6 Å². The Labute approximate surface area is 166 Å².